The zero-order chi connectivity index (χ0) is 12.9. The molecule has 4 nitrogen and oxygen atoms in total. The Morgan fingerprint density at radius 3 is 2.47 bits per heavy atom. The highest BCUT2D eigenvalue weighted by Crippen LogP contribution is 2.06. The monoisotopic (exact) mass is 261 g/mol. The maximum absolute atomic E-state index is 12.6. The minimum absolute atomic E-state index is 0.187. The van der Waals surface area contributed by atoms with Gasteiger partial charge in [0.1, 0.15) is 5.82 Å². The van der Waals surface area contributed by atoms with Crippen LogP contribution < -0.4 is 4.72 Å². The second-order valence-corrected chi connectivity index (χ2v) is 5.72. The van der Waals surface area contributed by atoms with E-state index in [0.29, 0.717) is 12.0 Å². The third-order valence-corrected chi connectivity index (χ3v) is 3.51. The third-order valence-electron chi connectivity index (χ3n) is 2.15. The minimum Gasteiger partial charge on any atom is -0.393 e. The lowest BCUT2D eigenvalue weighted by Gasteiger charge is -2.07. The van der Waals surface area contributed by atoms with Crippen LogP contribution in [-0.4, -0.2) is 26.2 Å². The molecule has 0 aliphatic rings. The molecule has 1 unspecified atom stereocenters. The van der Waals surface area contributed by atoms with Crippen LogP contribution in [0.5, 0.6) is 0 Å². The molecule has 17 heavy (non-hydrogen) atoms. The Hall–Kier alpha value is -0.980. The van der Waals surface area contributed by atoms with Gasteiger partial charge in [-0.25, -0.2) is 17.5 Å². The van der Waals surface area contributed by atoms with E-state index in [1.807, 2.05) is 0 Å². The van der Waals surface area contributed by atoms with Crippen molar-refractivity contribution >= 4 is 10.0 Å². The third kappa shape index (κ3) is 5.76. The van der Waals surface area contributed by atoms with Crippen LogP contribution in [0.4, 0.5) is 4.39 Å². The van der Waals surface area contributed by atoms with E-state index in [1.165, 1.54) is 24.3 Å². The van der Waals surface area contributed by atoms with E-state index in [2.05, 4.69) is 4.72 Å². The Morgan fingerprint density at radius 1 is 1.35 bits per heavy atom. The highest BCUT2D eigenvalue weighted by atomic mass is 32.2. The van der Waals surface area contributed by atoms with Crippen LogP contribution >= 0.6 is 0 Å². The maximum atomic E-state index is 12.6. The molecule has 0 amide bonds. The summed E-state index contributed by atoms with van der Waals surface area (Å²) in [7, 11) is -3.43. The van der Waals surface area contributed by atoms with Crippen molar-refractivity contribution in [1.82, 2.24) is 4.72 Å². The number of hydrogen-bond donors (Lipinski definition) is 2. The molecule has 0 radical (unpaired) electrons. The van der Waals surface area contributed by atoms with E-state index in [9.17, 15) is 12.8 Å². The average molecular weight is 261 g/mol. The van der Waals surface area contributed by atoms with Crippen molar-refractivity contribution in [1.29, 1.82) is 0 Å². The molecule has 1 atom stereocenters. The quantitative estimate of drug-likeness (QED) is 0.803. The number of hydrogen-bond acceptors (Lipinski definition) is 3. The molecular formula is C11H16FNO3S. The molecule has 0 aromatic heterocycles. The van der Waals surface area contributed by atoms with Crippen LogP contribution in [-0.2, 0) is 15.8 Å². The molecule has 0 spiro atoms. The first kappa shape index (κ1) is 14.1. The molecule has 96 valence electrons. The fourth-order valence-electron chi connectivity index (χ4n) is 1.27. The number of nitrogens with one attached hydrogen (secondary N) is 1. The lowest BCUT2D eigenvalue weighted by Crippen LogP contribution is -2.27. The number of sulfonamides is 1. The summed E-state index contributed by atoms with van der Waals surface area (Å²) in [5, 5.41) is 8.99. The van der Waals surface area contributed by atoms with Crippen LogP contribution in [0.2, 0.25) is 0 Å². The summed E-state index contributed by atoms with van der Waals surface area (Å²) in [6.45, 7) is 1.79. The molecule has 0 saturated heterocycles. The van der Waals surface area contributed by atoms with Crippen molar-refractivity contribution in [2.75, 3.05) is 6.54 Å². The van der Waals surface area contributed by atoms with E-state index in [-0.39, 0.29) is 12.3 Å². The molecule has 0 heterocycles. The average Bonchev–Trinajstić information content (AvgIpc) is 2.20. The molecule has 6 heteroatoms. The predicted octanol–water partition coefficient (Wildman–Crippen LogP) is 1.02. The van der Waals surface area contributed by atoms with Gasteiger partial charge in [-0.15, -0.1) is 0 Å². The zero-order valence-corrected chi connectivity index (χ0v) is 10.4. The fraction of sp³-hybridized carbons (Fsp3) is 0.455. The molecule has 0 saturated carbocycles. The van der Waals surface area contributed by atoms with Crippen molar-refractivity contribution in [3.05, 3.63) is 35.6 Å². The van der Waals surface area contributed by atoms with Crippen LogP contribution in [0.3, 0.4) is 0 Å². The summed E-state index contributed by atoms with van der Waals surface area (Å²) in [6, 6.07) is 5.31. The van der Waals surface area contributed by atoms with Crippen LogP contribution in [0, 0.1) is 5.82 Å². The predicted molar refractivity (Wildman–Crippen MR) is 63.3 cm³/mol. The first-order valence-corrected chi connectivity index (χ1v) is 6.94. The summed E-state index contributed by atoms with van der Waals surface area (Å²) in [5.41, 5.74) is 0.524. The molecule has 0 fully saturated rings. The lowest BCUT2D eigenvalue weighted by molar-refractivity contribution is 0.186. The second-order valence-electron chi connectivity index (χ2n) is 3.92. The van der Waals surface area contributed by atoms with Gasteiger partial charge in [0.15, 0.2) is 0 Å². The van der Waals surface area contributed by atoms with Gasteiger partial charge in [-0.3, -0.25) is 0 Å². The Bertz CT molecular complexity index is 442. The number of benzene rings is 1. The van der Waals surface area contributed by atoms with Crippen molar-refractivity contribution in [3.63, 3.8) is 0 Å². The van der Waals surface area contributed by atoms with Gasteiger partial charge in [-0.1, -0.05) is 12.1 Å². The van der Waals surface area contributed by atoms with E-state index < -0.39 is 21.9 Å². The van der Waals surface area contributed by atoms with E-state index in [0.717, 1.165) is 0 Å². The molecular weight excluding hydrogens is 245 g/mol. The van der Waals surface area contributed by atoms with Gasteiger partial charge >= 0.3 is 0 Å². The van der Waals surface area contributed by atoms with Gasteiger partial charge in [0.2, 0.25) is 10.0 Å². The molecule has 1 aromatic rings. The molecule has 2 N–H and O–H groups in total. The highest BCUT2D eigenvalue weighted by molar-refractivity contribution is 7.88. The molecule has 1 aromatic carbocycles. The number of aliphatic hydroxyl groups excluding tert-OH is 1. The largest absolute Gasteiger partial charge is 0.393 e. The topological polar surface area (TPSA) is 66.4 Å². The standard InChI is InChI=1S/C11H16FNO3S/c1-9(14)6-7-13-17(15,16)8-10-2-4-11(12)5-3-10/h2-5,9,13-14H,6-8H2,1H3. The van der Waals surface area contributed by atoms with E-state index in [4.69, 9.17) is 5.11 Å². The second kappa shape index (κ2) is 6.09. The van der Waals surface area contributed by atoms with Crippen molar-refractivity contribution in [2.45, 2.75) is 25.2 Å². The summed E-state index contributed by atoms with van der Waals surface area (Å²) in [5.74, 6) is -0.583. The SMILES string of the molecule is CC(O)CCNS(=O)(=O)Cc1ccc(F)cc1. The van der Waals surface area contributed by atoms with E-state index >= 15 is 0 Å². The van der Waals surface area contributed by atoms with Gasteiger partial charge in [-0.05, 0) is 31.0 Å². The van der Waals surface area contributed by atoms with Gasteiger partial charge < -0.3 is 5.11 Å². The summed E-state index contributed by atoms with van der Waals surface area (Å²) in [4.78, 5) is 0. The van der Waals surface area contributed by atoms with Gasteiger partial charge in [0.25, 0.3) is 0 Å². The van der Waals surface area contributed by atoms with Crippen molar-refractivity contribution in [2.24, 2.45) is 0 Å². The number of aliphatic hydroxyl groups is 1. The van der Waals surface area contributed by atoms with Crippen LogP contribution in [0.1, 0.15) is 18.9 Å². The van der Waals surface area contributed by atoms with E-state index in [1.54, 1.807) is 6.92 Å². The van der Waals surface area contributed by atoms with Gasteiger partial charge in [0, 0.05) is 6.54 Å². The fourth-order valence-corrected chi connectivity index (χ4v) is 2.44. The Morgan fingerprint density at radius 2 is 1.94 bits per heavy atom. The Kier molecular flexibility index (Phi) is 5.04. The van der Waals surface area contributed by atoms with Gasteiger partial charge in [-0.2, -0.15) is 0 Å². The summed E-state index contributed by atoms with van der Waals surface area (Å²) < 4.78 is 38.1. The van der Waals surface area contributed by atoms with Crippen LogP contribution in [0.25, 0.3) is 0 Å². The first-order valence-electron chi connectivity index (χ1n) is 5.29. The number of rotatable bonds is 6. The zero-order valence-electron chi connectivity index (χ0n) is 9.56. The normalized spacial score (nSPS) is 13.6. The molecule has 1 rings (SSSR count). The molecule has 0 aliphatic heterocycles. The highest BCUT2D eigenvalue weighted by Gasteiger charge is 2.11. The summed E-state index contributed by atoms with van der Waals surface area (Å²) in [6.07, 6.45) is -0.175. The Labute approximate surface area is 101 Å². The Balaban J connectivity index is 2.52. The maximum Gasteiger partial charge on any atom is 0.215 e. The first-order chi connectivity index (χ1) is 7.89. The minimum atomic E-state index is -3.43. The summed E-state index contributed by atoms with van der Waals surface area (Å²) >= 11 is 0. The molecule has 0 bridgehead atoms. The van der Waals surface area contributed by atoms with Crippen molar-refractivity contribution < 1.29 is 17.9 Å². The molecule has 0 aliphatic carbocycles. The van der Waals surface area contributed by atoms with Crippen molar-refractivity contribution in [3.8, 4) is 0 Å². The van der Waals surface area contributed by atoms with Gasteiger partial charge in [0.05, 0.1) is 11.9 Å². The lowest BCUT2D eigenvalue weighted by atomic mass is 10.2. The smallest absolute Gasteiger partial charge is 0.215 e. The number of halogens is 1. The van der Waals surface area contributed by atoms with Crippen LogP contribution in [0.15, 0.2) is 24.3 Å².